The number of nitrogens with zero attached hydrogens (tertiary/aromatic N) is 3. The molecular weight excluding hydrogens is 332 g/mol. The Labute approximate surface area is 151 Å². The molecule has 1 atom stereocenters. The second-order valence-corrected chi connectivity index (χ2v) is 6.17. The number of carbonyl (C=O) groups excluding carboxylic acids is 1. The van der Waals surface area contributed by atoms with Gasteiger partial charge in [0.1, 0.15) is 12.1 Å². The maximum Gasteiger partial charge on any atom is 0.223 e. The summed E-state index contributed by atoms with van der Waals surface area (Å²) < 4.78 is 11.1. The molecule has 3 aromatic rings. The van der Waals surface area contributed by atoms with Crippen molar-refractivity contribution in [2.24, 2.45) is 0 Å². The zero-order valence-corrected chi connectivity index (χ0v) is 14.5. The standard InChI is InChI=1S/C19H20N4O3/c1-25-19-14(10-13-4-2-3-5-15(13)22-19)16-11-20-18(21-16)17-12-26-9-7-23(17)6-8-24/h2-5,8,10-11,17H,6-7,9,12H2,1H3,(H,20,21). The van der Waals surface area contributed by atoms with E-state index in [9.17, 15) is 4.79 Å². The molecule has 0 amide bonds. The summed E-state index contributed by atoms with van der Waals surface area (Å²) in [4.78, 5) is 25.5. The van der Waals surface area contributed by atoms with Crippen molar-refractivity contribution in [3.05, 3.63) is 42.4 Å². The van der Waals surface area contributed by atoms with Gasteiger partial charge in [0.15, 0.2) is 0 Å². The van der Waals surface area contributed by atoms with E-state index in [2.05, 4.69) is 19.9 Å². The van der Waals surface area contributed by atoms with E-state index >= 15 is 0 Å². The van der Waals surface area contributed by atoms with Crippen molar-refractivity contribution in [1.29, 1.82) is 0 Å². The number of fused-ring (bicyclic) bond motifs is 1. The van der Waals surface area contributed by atoms with E-state index in [0.29, 0.717) is 32.2 Å². The van der Waals surface area contributed by atoms with Crippen molar-refractivity contribution in [1.82, 2.24) is 19.9 Å². The summed E-state index contributed by atoms with van der Waals surface area (Å²) in [7, 11) is 1.61. The number of carbonyl (C=O) groups is 1. The van der Waals surface area contributed by atoms with Gasteiger partial charge in [0.05, 0.1) is 55.9 Å². The number of pyridine rings is 1. The molecule has 1 saturated heterocycles. The number of H-pyrrole nitrogens is 1. The van der Waals surface area contributed by atoms with Crippen molar-refractivity contribution in [3.8, 4) is 17.1 Å². The molecular formula is C19H20N4O3. The lowest BCUT2D eigenvalue weighted by atomic mass is 10.1. The Bertz CT molecular complexity index is 924. The van der Waals surface area contributed by atoms with Gasteiger partial charge in [0.2, 0.25) is 5.88 Å². The van der Waals surface area contributed by atoms with Crippen LogP contribution in [0.15, 0.2) is 36.5 Å². The minimum atomic E-state index is -0.0675. The Hall–Kier alpha value is -2.77. The van der Waals surface area contributed by atoms with Crippen molar-refractivity contribution in [2.45, 2.75) is 6.04 Å². The minimum Gasteiger partial charge on any atom is -0.480 e. The molecule has 7 heteroatoms. The molecule has 0 aliphatic carbocycles. The van der Waals surface area contributed by atoms with Crippen LogP contribution in [0.4, 0.5) is 0 Å². The van der Waals surface area contributed by atoms with Gasteiger partial charge >= 0.3 is 0 Å². The summed E-state index contributed by atoms with van der Waals surface area (Å²) in [5.41, 5.74) is 2.56. The first-order chi connectivity index (χ1) is 12.8. The predicted octanol–water partition coefficient (Wildman–Crippen LogP) is 2.21. The fraction of sp³-hybridized carbons (Fsp3) is 0.316. The first-order valence-corrected chi connectivity index (χ1v) is 8.54. The van der Waals surface area contributed by atoms with Gasteiger partial charge < -0.3 is 19.3 Å². The van der Waals surface area contributed by atoms with E-state index in [0.717, 1.165) is 34.3 Å². The van der Waals surface area contributed by atoms with Gasteiger partial charge in [-0.15, -0.1) is 0 Å². The molecule has 0 bridgehead atoms. The van der Waals surface area contributed by atoms with Crippen molar-refractivity contribution in [2.75, 3.05) is 33.4 Å². The molecule has 2 aromatic heterocycles. The highest BCUT2D eigenvalue weighted by Gasteiger charge is 2.27. The van der Waals surface area contributed by atoms with Crippen LogP contribution in [0.25, 0.3) is 22.2 Å². The van der Waals surface area contributed by atoms with E-state index in [1.54, 1.807) is 13.3 Å². The molecule has 0 radical (unpaired) electrons. The Morgan fingerprint density at radius 1 is 1.42 bits per heavy atom. The zero-order chi connectivity index (χ0) is 17.9. The monoisotopic (exact) mass is 352 g/mol. The Morgan fingerprint density at radius 3 is 3.15 bits per heavy atom. The topological polar surface area (TPSA) is 80.3 Å². The van der Waals surface area contributed by atoms with Crippen LogP contribution in [0.5, 0.6) is 5.88 Å². The lowest BCUT2D eigenvalue weighted by Gasteiger charge is -2.32. The SMILES string of the molecule is COc1nc2ccccc2cc1-c1cnc(C2COCCN2CC=O)[nH]1. The van der Waals surface area contributed by atoms with Crippen LogP contribution in [0, 0.1) is 0 Å². The second-order valence-electron chi connectivity index (χ2n) is 6.17. The van der Waals surface area contributed by atoms with Gasteiger partial charge in [0.25, 0.3) is 0 Å². The Morgan fingerprint density at radius 2 is 2.31 bits per heavy atom. The van der Waals surface area contributed by atoms with Gasteiger partial charge in [0, 0.05) is 11.9 Å². The third-order valence-corrected chi connectivity index (χ3v) is 4.63. The molecule has 3 heterocycles. The van der Waals surface area contributed by atoms with E-state index in [1.807, 2.05) is 30.3 Å². The average Bonchev–Trinajstić information content (AvgIpc) is 3.17. The molecule has 26 heavy (non-hydrogen) atoms. The summed E-state index contributed by atoms with van der Waals surface area (Å²) in [6, 6.07) is 9.88. The number of imidazole rings is 1. The number of hydrogen-bond acceptors (Lipinski definition) is 6. The summed E-state index contributed by atoms with van der Waals surface area (Å²) >= 11 is 0. The Balaban J connectivity index is 1.71. The van der Waals surface area contributed by atoms with Crippen molar-refractivity contribution >= 4 is 17.2 Å². The number of aromatic amines is 1. The highest BCUT2D eigenvalue weighted by Crippen LogP contribution is 2.32. The predicted molar refractivity (Wildman–Crippen MR) is 97.1 cm³/mol. The first-order valence-electron chi connectivity index (χ1n) is 8.54. The second kappa shape index (κ2) is 7.23. The maximum absolute atomic E-state index is 10.9. The average molecular weight is 352 g/mol. The lowest BCUT2D eigenvalue weighted by Crippen LogP contribution is -2.40. The normalized spacial score (nSPS) is 18.1. The van der Waals surface area contributed by atoms with Gasteiger partial charge in [-0.05, 0) is 12.1 Å². The minimum absolute atomic E-state index is 0.0675. The summed E-state index contributed by atoms with van der Waals surface area (Å²) in [6.07, 6.45) is 2.69. The number of hydrogen-bond donors (Lipinski definition) is 1. The van der Waals surface area contributed by atoms with Crippen LogP contribution in [-0.4, -0.2) is 59.6 Å². The smallest absolute Gasteiger partial charge is 0.223 e. The Kier molecular flexibility index (Phi) is 4.64. The maximum atomic E-state index is 10.9. The van der Waals surface area contributed by atoms with E-state index < -0.39 is 0 Å². The molecule has 4 rings (SSSR count). The van der Waals surface area contributed by atoms with Crippen LogP contribution in [-0.2, 0) is 9.53 Å². The van der Waals surface area contributed by atoms with Crippen LogP contribution in [0.1, 0.15) is 11.9 Å². The molecule has 1 aliphatic heterocycles. The zero-order valence-electron chi connectivity index (χ0n) is 14.5. The third kappa shape index (κ3) is 3.07. The van der Waals surface area contributed by atoms with E-state index in [-0.39, 0.29) is 6.04 Å². The number of benzene rings is 1. The van der Waals surface area contributed by atoms with Crippen LogP contribution in [0.2, 0.25) is 0 Å². The van der Waals surface area contributed by atoms with Crippen LogP contribution >= 0.6 is 0 Å². The molecule has 1 aliphatic rings. The quantitative estimate of drug-likeness (QED) is 0.709. The first kappa shape index (κ1) is 16.7. The fourth-order valence-electron chi connectivity index (χ4n) is 3.29. The molecule has 134 valence electrons. The van der Waals surface area contributed by atoms with Gasteiger partial charge in [-0.25, -0.2) is 9.97 Å². The number of aromatic nitrogens is 3. The number of aldehydes is 1. The molecule has 0 spiro atoms. The van der Waals surface area contributed by atoms with Gasteiger partial charge in [-0.3, -0.25) is 4.90 Å². The van der Waals surface area contributed by atoms with Crippen molar-refractivity contribution < 1.29 is 14.3 Å². The lowest BCUT2D eigenvalue weighted by molar-refractivity contribution is -0.111. The van der Waals surface area contributed by atoms with Crippen LogP contribution in [0.3, 0.4) is 0 Å². The number of rotatable bonds is 5. The largest absolute Gasteiger partial charge is 0.480 e. The number of nitrogens with one attached hydrogen (secondary N) is 1. The third-order valence-electron chi connectivity index (χ3n) is 4.63. The van der Waals surface area contributed by atoms with E-state index in [4.69, 9.17) is 9.47 Å². The molecule has 0 saturated carbocycles. The number of morpholine rings is 1. The fourth-order valence-corrected chi connectivity index (χ4v) is 3.29. The van der Waals surface area contributed by atoms with Crippen molar-refractivity contribution in [3.63, 3.8) is 0 Å². The van der Waals surface area contributed by atoms with Gasteiger partial charge in [-0.2, -0.15) is 0 Å². The molecule has 1 fully saturated rings. The van der Waals surface area contributed by atoms with Crippen LogP contribution < -0.4 is 4.74 Å². The molecule has 7 nitrogen and oxygen atoms in total. The highest BCUT2D eigenvalue weighted by molar-refractivity contribution is 5.85. The summed E-state index contributed by atoms with van der Waals surface area (Å²) in [6.45, 7) is 2.21. The molecule has 1 aromatic carbocycles. The van der Waals surface area contributed by atoms with E-state index in [1.165, 1.54) is 0 Å². The molecule has 1 unspecified atom stereocenters. The number of methoxy groups -OCH3 is 1. The highest BCUT2D eigenvalue weighted by atomic mass is 16.5. The van der Waals surface area contributed by atoms with Gasteiger partial charge in [-0.1, -0.05) is 18.2 Å². The number of para-hydroxylation sites is 1. The number of ether oxygens (including phenoxy) is 2. The molecule has 1 N–H and O–H groups in total. The summed E-state index contributed by atoms with van der Waals surface area (Å²) in [5, 5.41) is 1.03. The summed E-state index contributed by atoms with van der Waals surface area (Å²) in [5.74, 6) is 1.32.